The number of halogens is 1. The van der Waals surface area contributed by atoms with Gasteiger partial charge in [-0.25, -0.2) is 0 Å². The van der Waals surface area contributed by atoms with Crippen molar-refractivity contribution in [2.45, 2.75) is 5.00 Å². The van der Waals surface area contributed by atoms with Crippen molar-refractivity contribution in [2.24, 2.45) is 0 Å². The van der Waals surface area contributed by atoms with Crippen molar-refractivity contribution in [2.75, 3.05) is 0 Å². The first kappa shape index (κ1) is 5.25. The molecule has 0 heterocycles. The molecule has 0 spiro atoms. The van der Waals surface area contributed by atoms with E-state index < -0.39 is 0 Å². The zero-order chi connectivity index (χ0) is 4.28. The summed E-state index contributed by atoms with van der Waals surface area (Å²) >= 11 is 5.41. The van der Waals surface area contributed by atoms with Gasteiger partial charge >= 0.3 is 0 Å². The van der Waals surface area contributed by atoms with Gasteiger partial charge in [0, 0.05) is 15.2 Å². The SMILES string of the molecule is C=CC([SiH3])Cl. The highest BCUT2D eigenvalue weighted by molar-refractivity contribution is 6.41. The summed E-state index contributed by atoms with van der Waals surface area (Å²) in [4.78, 5) is 0. The normalized spacial score (nSPS) is 14.6. The summed E-state index contributed by atoms with van der Waals surface area (Å²) in [6.07, 6.45) is 1.74. The topological polar surface area (TPSA) is 0 Å². The van der Waals surface area contributed by atoms with Crippen LogP contribution in [0.5, 0.6) is 0 Å². The number of allylic oxidation sites excluding steroid dienone is 1. The van der Waals surface area contributed by atoms with E-state index in [1.807, 2.05) is 0 Å². The van der Waals surface area contributed by atoms with Crippen molar-refractivity contribution in [3.05, 3.63) is 12.7 Å². The van der Waals surface area contributed by atoms with Gasteiger partial charge in [0.2, 0.25) is 0 Å². The minimum Gasteiger partial charge on any atom is -0.123 e. The highest BCUT2D eigenvalue weighted by Crippen LogP contribution is 1.84. The van der Waals surface area contributed by atoms with E-state index in [4.69, 9.17) is 11.6 Å². The predicted molar refractivity (Wildman–Crippen MR) is 29.8 cm³/mol. The third kappa shape index (κ3) is 4.25. The molecule has 0 radical (unpaired) electrons. The molecule has 0 aliphatic rings. The molecule has 5 heavy (non-hydrogen) atoms. The second-order valence-electron chi connectivity index (χ2n) is 0.913. The molecule has 0 fully saturated rings. The third-order valence-electron chi connectivity index (χ3n) is 0.325. The summed E-state index contributed by atoms with van der Waals surface area (Å²) in [7, 11) is 1.02. The summed E-state index contributed by atoms with van der Waals surface area (Å²) in [5, 5.41) is 0.259. The van der Waals surface area contributed by atoms with E-state index >= 15 is 0 Å². The maximum atomic E-state index is 5.41. The van der Waals surface area contributed by atoms with Gasteiger partial charge in [-0.05, 0) is 0 Å². The Morgan fingerprint density at radius 3 is 2.20 bits per heavy atom. The molecule has 0 aliphatic heterocycles. The van der Waals surface area contributed by atoms with Crippen molar-refractivity contribution in [1.82, 2.24) is 0 Å². The fourth-order valence-corrected chi connectivity index (χ4v) is 0. The maximum absolute atomic E-state index is 5.41. The lowest BCUT2D eigenvalue weighted by Crippen LogP contribution is -1.85. The Morgan fingerprint density at radius 2 is 2.20 bits per heavy atom. The van der Waals surface area contributed by atoms with Gasteiger partial charge < -0.3 is 0 Å². The largest absolute Gasteiger partial charge is 0.123 e. The molecule has 2 heteroatoms. The van der Waals surface area contributed by atoms with E-state index in [2.05, 4.69) is 6.58 Å². The van der Waals surface area contributed by atoms with Crippen LogP contribution in [0.2, 0.25) is 0 Å². The molecule has 0 aromatic rings. The van der Waals surface area contributed by atoms with Crippen LogP contribution in [0.25, 0.3) is 0 Å². The number of alkyl halides is 1. The van der Waals surface area contributed by atoms with Gasteiger partial charge in [-0.15, -0.1) is 18.2 Å². The Morgan fingerprint density at radius 1 is 2.00 bits per heavy atom. The van der Waals surface area contributed by atoms with Crippen LogP contribution in [0, 0.1) is 0 Å². The molecule has 0 saturated carbocycles. The van der Waals surface area contributed by atoms with E-state index in [9.17, 15) is 0 Å². The van der Waals surface area contributed by atoms with E-state index in [0.29, 0.717) is 0 Å². The van der Waals surface area contributed by atoms with Crippen molar-refractivity contribution in [3.63, 3.8) is 0 Å². The van der Waals surface area contributed by atoms with Crippen LogP contribution < -0.4 is 0 Å². The molecule has 0 saturated heterocycles. The Balaban J connectivity index is 2.83. The van der Waals surface area contributed by atoms with Crippen LogP contribution in [0.3, 0.4) is 0 Å². The van der Waals surface area contributed by atoms with Crippen LogP contribution in [-0.2, 0) is 0 Å². The lowest BCUT2D eigenvalue weighted by molar-refractivity contribution is 1.63. The molecule has 0 amide bonds. The minimum atomic E-state index is 0.259. The van der Waals surface area contributed by atoms with Gasteiger partial charge in [0.15, 0.2) is 0 Å². The minimum absolute atomic E-state index is 0.259. The molecule has 0 aliphatic carbocycles. The standard InChI is InChI=1S/C3H7ClSi/c1-2-3(4)5/h2-3H,1H2,5H3. The molecule has 0 nitrogen and oxygen atoms in total. The summed E-state index contributed by atoms with van der Waals surface area (Å²) in [5.74, 6) is 0. The maximum Gasteiger partial charge on any atom is 0.0337 e. The lowest BCUT2D eigenvalue weighted by atomic mass is 10.8. The number of hydrogen-bond donors (Lipinski definition) is 0. The molecule has 1 unspecified atom stereocenters. The average molecular weight is 107 g/mol. The summed E-state index contributed by atoms with van der Waals surface area (Å²) in [5.41, 5.74) is 0. The molecular formula is C3H7ClSi. The van der Waals surface area contributed by atoms with Crippen LogP contribution in [0.1, 0.15) is 0 Å². The lowest BCUT2D eigenvalue weighted by Gasteiger charge is -1.80. The third-order valence-corrected chi connectivity index (χ3v) is 0.974. The van der Waals surface area contributed by atoms with Crippen LogP contribution in [-0.4, -0.2) is 15.2 Å². The summed E-state index contributed by atoms with van der Waals surface area (Å²) < 4.78 is 0. The van der Waals surface area contributed by atoms with E-state index in [1.54, 1.807) is 6.08 Å². The second kappa shape index (κ2) is 2.48. The molecular weight excluding hydrogens is 99.6 g/mol. The van der Waals surface area contributed by atoms with Crippen LogP contribution in [0.15, 0.2) is 12.7 Å². The zero-order valence-corrected chi connectivity index (χ0v) is 6.00. The van der Waals surface area contributed by atoms with E-state index in [0.717, 1.165) is 10.2 Å². The van der Waals surface area contributed by atoms with Crippen molar-refractivity contribution in [3.8, 4) is 0 Å². The fraction of sp³-hybridized carbons (Fsp3) is 0.333. The van der Waals surface area contributed by atoms with E-state index in [1.165, 1.54) is 0 Å². The first-order valence-corrected chi connectivity index (χ1v) is 3.13. The predicted octanol–water partition coefficient (Wildman–Crippen LogP) is 0.103. The van der Waals surface area contributed by atoms with Gasteiger partial charge in [0.1, 0.15) is 0 Å². The Hall–Kier alpha value is 0.247. The molecule has 0 bridgehead atoms. The van der Waals surface area contributed by atoms with Gasteiger partial charge in [0.25, 0.3) is 0 Å². The number of hydrogen-bond acceptors (Lipinski definition) is 0. The smallest absolute Gasteiger partial charge is 0.0337 e. The van der Waals surface area contributed by atoms with E-state index in [-0.39, 0.29) is 5.00 Å². The summed E-state index contributed by atoms with van der Waals surface area (Å²) in [6, 6.07) is 0. The Kier molecular flexibility index (Phi) is 2.60. The molecule has 1 atom stereocenters. The fourth-order valence-electron chi connectivity index (χ4n) is 0. The Labute approximate surface area is 40.3 Å². The highest BCUT2D eigenvalue weighted by atomic mass is 35.5. The first-order valence-electron chi connectivity index (χ1n) is 1.54. The molecule has 0 N–H and O–H groups in total. The highest BCUT2D eigenvalue weighted by Gasteiger charge is 1.77. The van der Waals surface area contributed by atoms with Gasteiger partial charge in [-0.1, -0.05) is 6.08 Å². The van der Waals surface area contributed by atoms with Crippen molar-refractivity contribution in [1.29, 1.82) is 0 Å². The number of rotatable bonds is 1. The van der Waals surface area contributed by atoms with Gasteiger partial charge in [-0.3, -0.25) is 0 Å². The van der Waals surface area contributed by atoms with Gasteiger partial charge in [0.05, 0.1) is 0 Å². The summed E-state index contributed by atoms with van der Waals surface area (Å²) in [6.45, 7) is 3.46. The Bertz CT molecular complexity index is 33.9. The monoisotopic (exact) mass is 106 g/mol. The van der Waals surface area contributed by atoms with Gasteiger partial charge in [-0.2, -0.15) is 0 Å². The van der Waals surface area contributed by atoms with Crippen molar-refractivity contribution >= 4 is 21.8 Å². The first-order chi connectivity index (χ1) is 2.27. The molecule has 0 aromatic carbocycles. The average Bonchev–Trinajstić information content (AvgIpc) is 1.38. The second-order valence-corrected chi connectivity index (χ2v) is 3.58. The zero-order valence-electron chi connectivity index (χ0n) is 3.24. The molecule has 0 rings (SSSR count). The quantitative estimate of drug-likeness (QED) is 0.253. The molecule has 30 valence electrons. The van der Waals surface area contributed by atoms with Crippen molar-refractivity contribution < 1.29 is 0 Å². The van der Waals surface area contributed by atoms with Crippen LogP contribution >= 0.6 is 11.6 Å². The van der Waals surface area contributed by atoms with Crippen LogP contribution in [0.4, 0.5) is 0 Å². The molecule has 0 aromatic heterocycles.